The summed E-state index contributed by atoms with van der Waals surface area (Å²) in [5, 5.41) is 3.54. The molecule has 4 heteroatoms. The molecule has 3 nitrogen and oxygen atoms in total. The Morgan fingerprint density at radius 2 is 2.22 bits per heavy atom. The Kier molecular flexibility index (Phi) is 4.73. The van der Waals surface area contributed by atoms with Gasteiger partial charge in [-0.2, -0.15) is 0 Å². The molecule has 2 rings (SSSR count). The zero-order chi connectivity index (χ0) is 12.8. The Bertz CT molecular complexity index is 470. The number of aromatic nitrogens is 1. The van der Waals surface area contributed by atoms with Crippen molar-refractivity contribution in [2.75, 3.05) is 19.0 Å². The predicted molar refractivity (Wildman–Crippen MR) is 76.2 cm³/mol. The molecule has 1 aromatic heterocycles. The molecule has 0 saturated carbocycles. The fourth-order valence-corrected chi connectivity index (χ4v) is 2.46. The fourth-order valence-electron chi connectivity index (χ4n) is 1.83. The maximum absolute atomic E-state index is 5.14. The minimum Gasteiger partial charge on any atom is -0.384 e. The van der Waals surface area contributed by atoms with Crippen molar-refractivity contribution in [1.82, 2.24) is 4.98 Å². The van der Waals surface area contributed by atoms with Gasteiger partial charge >= 0.3 is 0 Å². The summed E-state index contributed by atoms with van der Waals surface area (Å²) in [5.41, 5.74) is 4.33. The number of thiazole rings is 1. The summed E-state index contributed by atoms with van der Waals surface area (Å²) in [4.78, 5) is 5.36. The van der Waals surface area contributed by atoms with Crippen LogP contribution in [0, 0.1) is 0 Å². The highest BCUT2D eigenvalue weighted by Gasteiger charge is 2.09. The van der Waals surface area contributed by atoms with Crippen LogP contribution in [0.1, 0.15) is 23.4 Å². The van der Waals surface area contributed by atoms with Gasteiger partial charge in [0.05, 0.1) is 18.2 Å². The van der Waals surface area contributed by atoms with E-state index in [0.717, 1.165) is 13.0 Å². The molecule has 0 saturated heterocycles. The zero-order valence-corrected chi connectivity index (χ0v) is 11.5. The van der Waals surface area contributed by atoms with E-state index in [1.807, 2.05) is 11.7 Å². The average Bonchev–Trinajstić information content (AvgIpc) is 2.91. The van der Waals surface area contributed by atoms with E-state index in [4.69, 9.17) is 4.74 Å². The van der Waals surface area contributed by atoms with Crippen LogP contribution in [0.2, 0.25) is 0 Å². The lowest BCUT2D eigenvalue weighted by atomic mass is 10.1. The lowest BCUT2D eigenvalue weighted by molar-refractivity contribution is 0.202. The van der Waals surface area contributed by atoms with Crippen LogP contribution in [0.15, 0.2) is 36.0 Å². The lowest BCUT2D eigenvalue weighted by Gasteiger charge is -2.16. The Morgan fingerprint density at radius 3 is 2.94 bits per heavy atom. The first-order valence-electron chi connectivity index (χ1n) is 6.03. The molecular formula is C14H18N2OS. The van der Waals surface area contributed by atoms with Gasteiger partial charge in [0, 0.05) is 23.9 Å². The second-order valence-electron chi connectivity index (χ2n) is 4.17. The van der Waals surface area contributed by atoms with Gasteiger partial charge in [0.2, 0.25) is 0 Å². The molecule has 1 unspecified atom stereocenters. The minimum absolute atomic E-state index is 0.279. The summed E-state index contributed by atoms with van der Waals surface area (Å²) in [6, 6.07) is 8.65. The van der Waals surface area contributed by atoms with E-state index in [2.05, 4.69) is 41.5 Å². The molecule has 96 valence electrons. The van der Waals surface area contributed by atoms with Crippen LogP contribution in [0.3, 0.4) is 0 Å². The van der Waals surface area contributed by atoms with Gasteiger partial charge in [-0.15, -0.1) is 11.3 Å². The zero-order valence-electron chi connectivity index (χ0n) is 10.7. The Hall–Kier alpha value is -1.39. The molecule has 1 atom stereocenters. The molecule has 0 aliphatic rings. The second kappa shape index (κ2) is 6.52. The number of methoxy groups -OCH3 is 1. The summed E-state index contributed by atoms with van der Waals surface area (Å²) in [5.74, 6) is 0. The first kappa shape index (κ1) is 13.1. The number of benzene rings is 1. The van der Waals surface area contributed by atoms with Gasteiger partial charge in [0.15, 0.2) is 0 Å². The van der Waals surface area contributed by atoms with Crippen molar-refractivity contribution in [3.05, 3.63) is 46.4 Å². The molecule has 2 aromatic rings. The molecule has 0 aliphatic heterocycles. The van der Waals surface area contributed by atoms with Gasteiger partial charge in [0.1, 0.15) is 0 Å². The van der Waals surface area contributed by atoms with Gasteiger partial charge in [-0.3, -0.25) is 4.98 Å². The smallest absolute Gasteiger partial charge is 0.0795 e. The van der Waals surface area contributed by atoms with Crippen molar-refractivity contribution in [1.29, 1.82) is 0 Å². The fraction of sp³-hybridized carbons (Fsp3) is 0.357. The monoisotopic (exact) mass is 262 g/mol. The number of rotatable bonds is 6. The van der Waals surface area contributed by atoms with Gasteiger partial charge in [0.25, 0.3) is 0 Å². The highest BCUT2D eigenvalue weighted by Crippen LogP contribution is 2.24. The first-order chi connectivity index (χ1) is 8.81. The number of anilines is 1. The van der Waals surface area contributed by atoms with Crippen LogP contribution in [0.4, 0.5) is 5.69 Å². The van der Waals surface area contributed by atoms with E-state index in [1.54, 1.807) is 18.4 Å². The highest BCUT2D eigenvalue weighted by atomic mass is 32.1. The van der Waals surface area contributed by atoms with Crippen LogP contribution >= 0.6 is 11.3 Å². The minimum atomic E-state index is 0.279. The van der Waals surface area contributed by atoms with Crippen LogP contribution in [-0.2, 0) is 11.2 Å². The quantitative estimate of drug-likeness (QED) is 0.865. The molecule has 0 radical (unpaired) electrons. The number of nitrogens with one attached hydrogen (secondary N) is 1. The molecular weight excluding hydrogens is 244 g/mol. The number of hydrogen-bond acceptors (Lipinski definition) is 4. The molecule has 0 amide bonds. The van der Waals surface area contributed by atoms with Crippen LogP contribution in [-0.4, -0.2) is 18.7 Å². The summed E-state index contributed by atoms with van der Waals surface area (Å²) in [7, 11) is 1.73. The Morgan fingerprint density at radius 1 is 1.39 bits per heavy atom. The normalized spacial score (nSPS) is 12.3. The molecule has 1 aromatic carbocycles. The van der Waals surface area contributed by atoms with Crippen molar-refractivity contribution in [3.63, 3.8) is 0 Å². The maximum atomic E-state index is 5.14. The van der Waals surface area contributed by atoms with E-state index < -0.39 is 0 Å². The van der Waals surface area contributed by atoms with Crippen LogP contribution in [0.5, 0.6) is 0 Å². The number of ether oxygens (including phenoxy) is 1. The number of nitrogens with zero attached hydrogens (tertiary/aromatic N) is 1. The van der Waals surface area contributed by atoms with Crippen molar-refractivity contribution >= 4 is 17.0 Å². The van der Waals surface area contributed by atoms with E-state index in [1.165, 1.54) is 16.1 Å². The van der Waals surface area contributed by atoms with Gasteiger partial charge in [-0.25, -0.2) is 0 Å². The van der Waals surface area contributed by atoms with E-state index >= 15 is 0 Å². The second-order valence-corrected chi connectivity index (χ2v) is 5.09. The van der Waals surface area contributed by atoms with E-state index in [9.17, 15) is 0 Å². The molecule has 0 fully saturated rings. The summed E-state index contributed by atoms with van der Waals surface area (Å²) < 4.78 is 5.14. The molecule has 0 aliphatic carbocycles. The molecule has 1 heterocycles. The van der Waals surface area contributed by atoms with Crippen LogP contribution in [0.25, 0.3) is 0 Å². The average molecular weight is 262 g/mol. The Labute approximate surface area is 112 Å². The standard InChI is InChI=1S/C14H18N2OS/c1-11(14-9-15-10-18-14)16-13-6-4-3-5-12(13)7-8-17-2/h3-6,9-11,16H,7-8H2,1-2H3. The van der Waals surface area contributed by atoms with Crippen molar-refractivity contribution in [2.24, 2.45) is 0 Å². The van der Waals surface area contributed by atoms with E-state index in [0.29, 0.717) is 0 Å². The lowest BCUT2D eigenvalue weighted by Crippen LogP contribution is -2.08. The topological polar surface area (TPSA) is 34.1 Å². The number of hydrogen-bond donors (Lipinski definition) is 1. The molecule has 18 heavy (non-hydrogen) atoms. The van der Waals surface area contributed by atoms with Crippen LogP contribution < -0.4 is 5.32 Å². The van der Waals surface area contributed by atoms with Gasteiger partial charge in [-0.1, -0.05) is 18.2 Å². The SMILES string of the molecule is COCCc1ccccc1NC(C)c1cncs1. The first-order valence-corrected chi connectivity index (χ1v) is 6.91. The third-order valence-electron chi connectivity index (χ3n) is 2.84. The number of para-hydroxylation sites is 1. The van der Waals surface area contributed by atoms with Gasteiger partial charge < -0.3 is 10.1 Å². The summed E-state index contributed by atoms with van der Waals surface area (Å²) in [6.45, 7) is 2.90. The van der Waals surface area contributed by atoms with Gasteiger partial charge in [-0.05, 0) is 25.0 Å². The maximum Gasteiger partial charge on any atom is 0.0795 e. The highest BCUT2D eigenvalue weighted by molar-refractivity contribution is 7.09. The molecule has 0 bridgehead atoms. The third kappa shape index (κ3) is 3.31. The summed E-state index contributed by atoms with van der Waals surface area (Å²) in [6.07, 6.45) is 2.84. The van der Waals surface area contributed by atoms with Crippen molar-refractivity contribution in [3.8, 4) is 0 Å². The summed E-state index contributed by atoms with van der Waals surface area (Å²) >= 11 is 1.68. The van der Waals surface area contributed by atoms with Crippen molar-refractivity contribution in [2.45, 2.75) is 19.4 Å². The Balaban J connectivity index is 2.08. The largest absolute Gasteiger partial charge is 0.384 e. The van der Waals surface area contributed by atoms with E-state index in [-0.39, 0.29) is 6.04 Å². The third-order valence-corrected chi connectivity index (χ3v) is 3.80. The molecule has 0 spiro atoms. The molecule has 1 N–H and O–H groups in total. The predicted octanol–water partition coefficient (Wildman–Crippen LogP) is 3.51. The van der Waals surface area contributed by atoms with Crippen molar-refractivity contribution < 1.29 is 4.74 Å².